The summed E-state index contributed by atoms with van der Waals surface area (Å²) in [5, 5.41) is 5.07. The first kappa shape index (κ1) is 8.16. The molecule has 5 heteroatoms. The molecule has 0 spiro atoms. The predicted octanol–water partition coefficient (Wildman–Crippen LogP) is 1.29. The van der Waals surface area contributed by atoms with E-state index in [1.165, 1.54) is 0 Å². The third-order valence-electron chi connectivity index (χ3n) is 2.25. The van der Waals surface area contributed by atoms with Gasteiger partial charge in [-0.15, -0.1) is 5.10 Å². The Bertz CT molecular complexity index is 631. The zero-order valence-corrected chi connectivity index (χ0v) is 8.08. The van der Waals surface area contributed by atoms with Crippen molar-refractivity contribution in [3.8, 4) is 6.01 Å². The quantitative estimate of drug-likeness (QED) is 0.593. The third-order valence-corrected chi connectivity index (χ3v) is 2.25. The van der Waals surface area contributed by atoms with Gasteiger partial charge in [0.2, 0.25) is 0 Å². The fourth-order valence-electron chi connectivity index (χ4n) is 1.55. The van der Waals surface area contributed by atoms with E-state index in [4.69, 9.17) is 4.74 Å². The number of nitrogens with zero attached hydrogens (tertiary/aromatic N) is 4. The first-order chi connectivity index (χ1) is 7.38. The second-order valence-electron chi connectivity index (χ2n) is 3.13. The van der Waals surface area contributed by atoms with Gasteiger partial charge in [0.05, 0.1) is 12.6 Å². The number of para-hydroxylation sites is 1. The van der Waals surface area contributed by atoms with Crippen molar-refractivity contribution in [2.24, 2.45) is 0 Å². The van der Waals surface area contributed by atoms with Gasteiger partial charge in [-0.2, -0.15) is 9.50 Å². The maximum Gasteiger partial charge on any atom is 0.336 e. The summed E-state index contributed by atoms with van der Waals surface area (Å²) in [6, 6.07) is 8.15. The summed E-state index contributed by atoms with van der Waals surface area (Å²) in [4.78, 5) is 8.51. The molecule has 0 aliphatic rings. The van der Waals surface area contributed by atoms with E-state index in [1.807, 2.05) is 24.3 Å². The minimum absolute atomic E-state index is 0.355. The van der Waals surface area contributed by atoms with Crippen LogP contribution in [0, 0.1) is 0 Å². The van der Waals surface area contributed by atoms with Gasteiger partial charge in [0, 0.05) is 5.39 Å². The van der Waals surface area contributed by atoms with Gasteiger partial charge < -0.3 is 4.74 Å². The van der Waals surface area contributed by atoms with E-state index in [9.17, 15) is 0 Å². The zero-order valence-electron chi connectivity index (χ0n) is 8.08. The SMILES string of the molecule is COc1nc2c3ccccc3ncn2n1. The average Bonchev–Trinajstić information content (AvgIpc) is 2.72. The van der Waals surface area contributed by atoms with Crippen LogP contribution in [-0.2, 0) is 0 Å². The van der Waals surface area contributed by atoms with Crippen molar-refractivity contribution in [3.63, 3.8) is 0 Å². The van der Waals surface area contributed by atoms with Gasteiger partial charge in [-0.25, -0.2) is 4.98 Å². The van der Waals surface area contributed by atoms with Crippen LogP contribution in [0.1, 0.15) is 0 Å². The van der Waals surface area contributed by atoms with Crippen LogP contribution in [0.2, 0.25) is 0 Å². The summed E-state index contributed by atoms with van der Waals surface area (Å²) >= 11 is 0. The molecule has 0 aliphatic carbocycles. The molecule has 1 aromatic carbocycles. The lowest BCUT2D eigenvalue weighted by Gasteiger charge is -1.96. The normalized spacial score (nSPS) is 11.0. The van der Waals surface area contributed by atoms with Crippen molar-refractivity contribution in [2.45, 2.75) is 0 Å². The summed E-state index contributed by atoms with van der Waals surface area (Å²) in [6.07, 6.45) is 1.63. The van der Waals surface area contributed by atoms with Crippen molar-refractivity contribution < 1.29 is 4.74 Å². The molecule has 0 bridgehead atoms. The maximum atomic E-state index is 4.98. The highest BCUT2D eigenvalue weighted by Gasteiger charge is 2.06. The van der Waals surface area contributed by atoms with Crippen molar-refractivity contribution in [2.75, 3.05) is 7.11 Å². The van der Waals surface area contributed by atoms with Crippen molar-refractivity contribution in [1.29, 1.82) is 0 Å². The van der Waals surface area contributed by atoms with E-state index >= 15 is 0 Å². The Labute approximate surface area is 85.3 Å². The zero-order chi connectivity index (χ0) is 10.3. The van der Waals surface area contributed by atoms with Crippen molar-refractivity contribution in [1.82, 2.24) is 19.6 Å². The molecule has 0 amide bonds. The smallest absolute Gasteiger partial charge is 0.336 e. The molecule has 74 valence electrons. The van der Waals surface area contributed by atoms with Crippen LogP contribution < -0.4 is 4.74 Å². The molecule has 0 aliphatic heterocycles. The highest BCUT2D eigenvalue weighted by Crippen LogP contribution is 2.17. The van der Waals surface area contributed by atoms with Crippen LogP contribution in [0.5, 0.6) is 6.01 Å². The molecule has 3 aromatic rings. The first-order valence-corrected chi connectivity index (χ1v) is 4.52. The molecule has 5 nitrogen and oxygen atoms in total. The molecule has 2 heterocycles. The van der Waals surface area contributed by atoms with Gasteiger partial charge in [-0.05, 0) is 12.1 Å². The van der Waals surface area contributed by atoms with Gasteiger partial charge in [0.15, 0.2) is 5.65 Å². The molecule has 15 heavy (non-hydrogen) atoms. The topological polar surface area (TPSA) is 52.3 Å². The van der Waals surface area contributed by atoms with E-state index in [1.54, 1.807) is 18.0 Å². The van der Waals surface area contributed by atoms with E-state index in [2.05, 4.69) is 15.1 Å². The Balaban J connectivity index is 2.47. The average molecular weight is 200 g/mol. The van der Waals surface area contributed by atoms with Crippen LogP contribution in [0.4, 0.5) is 0 Å². The van der Waals surface area contributed by atoms with Crippen LogP contribution in [0.15, 0.2) is 30.6 Å². The third kappa shape index (κ3) is 1.13. The van der Waals surface area contributed by atoms with Gasteiger partial charge in [0.25, 0.3) is 0 Å². The summed E-state index contributed by atoms with van der Waals surface area (Å²) in [5.74, 6) is 0. The number of fused-ring (bicyclic) bond motifs is 3. The van der Waals surface area contributed by atoms with Gasteiger partial charge in [-0.1, -0.05) is 12.1 Å². The number of hydrogen-bond acceptors (Lipinski definition) is 4. The Kier molecular flexibility index (Phi) is 1.58. The Morgan fingerprint density at radius 1 is 1.27 bits per heavy atom. The fraction of sp³-hybridized carbons (Fsp3) is 0.100. The Morgan fingerprint density at radius 2 is 2.13 bits per heavy atom. The van der Waals surface area contributed by atoms with Crippen molar-refractivity contribution in [3.05, 3.63) is 30.6 Å². The molecular formula is C10H8N4O. The molecule has 0 radical (unpaired) electrons. The largest absolute Gasteiger partial charge is 0.466 e. The fourth-order valence-corrected chi connectivity index (χ4v) is 1.55. The minimum Gasteiger partial charge on any atom is -0.466 e. The molecular weight excluding hydrogens is 192 g/mol. The van der Waals surface area contributed by atoms with Gasteiger partial charge >= 0.3 is 6.01 Å². The van der Waals surface area contributed by atoms with Crippen LogP contribution in [0.25, 0.3) is 16.6 Å². The Morgan fingerprint density at radius 3 is 3.00 bits per heavy atom. The van der Waals surface area contributed by atoms with E-state index < -0.39 is 0 Å². The van der Waals surface area contributed by atoms with E-state index in [0.29, 0.717) is 6.01 Å². The van der Waals surface area contributed by atoms with E-state index in [0.717, 1.165) is 16.6 Å². The van der Waals surface area contributed by atoms with Crippen LogP contribution in [-0.4, -0.2) is 26.7 Å². The van der Waals surface area contributed by atoms with Crippen LogP contribution in [0.3, 0.4) is 0 Å². The number of ether oxygens (including phenoxy) is 1. The lowest BCUT2D eigenvalue weighted by Crippen LogP contribution is -1.90. The summed E-state index contributed by atoms with van der Waals surface area (Å²) < 4.78 is 6.59. The second-order valence-corrected chi connectivity index (χ2v) is 3.13. The van der Waals surface area contributed by atoms with Crippen molar-refractivity contribution >= 4 is 16.6 Å². The second kappa shape index (κ2) is 2.91. The lowest BCUT2D eigenvalue weighted by molar-refractivity contribution is 0.380. The highest BCUT2D eigenvalue weighted by atomic mass is 16.5. The van der Waals surface area contributed by atoms with Crippen LogP contribution >= 0.6 is 0 Å². The Hall–Kier alpha value is -2.17. The van der Waals surface area contributed by atoms with Gasteiger partial charge in [0.1, 0.15) is 6.33 Å². The monoisotopic (exact) mass is 200 g/mol. The summed E-state index contributed by atoms with van der Waals surface area (Å²) in [6.45, 7) is 0. The highest BCUT2D eigenvalue weighted by molar-refractivity contribution is 5.90. The molecule has 0 saturated heterocycles. The number of benzene rings is 1. The molecule has 0 unspecified atom stereocenters. The molecule has 3 rings (SSSR count). The number of aromatic nitrogens is 4. The predicted molar refractivity (Wildman–Crippen MR) is 54.8 cm³/mol. The summed E-state index contributed by atoms with van der Waals surface area (Å²) in [5.41, 5.74) is 1.66. The van der Waals surface area contributed by atoms with Gasteiger partial charge in [-0.3, -0.25) is 0 Å². The molecule has 0 N–H and O–H groups in total. The molecule has 0 atom stereocenters. The number of rotatable bonds is 1. The summed E-state index contributed by atoms with van der Waals surface area (Å²) in [7, 11) is 1.55. The lowest BCUT2D eigenvalue weighted by atomic mass is 10.2. The van der Waals surface area contributed by atoms with E-state index in [-0.39, 0.29) is 0 Å². The minimum atomic E-state index is 0.355. The molecule has 0 fully saturated rings. The molecule has 2 aromatic heterocycles. The first-order valence-electron chi connectivity index (χ1n) is 4.52. The number of methoxy groups -OCH3 is 1. The number of hydrogen-bond donors (Lipinski definition) is 0. The maximum absolute atomic E-state index is 4.98. The standard InChI is InChI=1S/C10H8N4O/c1-15-10-12-9-7-4-2-3-5-8(7)11-6-14(9)13-10/h2-6H,1H3. The molecule has 0 saturated carbocycles.